The van der Waals surface area contributed by atoms with Crippen LogP contribution in [0.5, 0.6) is 0 Å². The number of halogens is 4. The third-order valence-electron chi connectivity index (χ3n) is 1.95. The van der Waals surface area contributed by atoms with E-state index in [4.69, 9.17) is 5.11 Å². The Labute approximate surface area is 81.5 Å². The fraction of sp³-hybridized carbons (Fsp3) is 0.714. The first kappa shape index (κ1) is 11.7. The quantitative estimate of drug-likeness (QED) is 0.704. The van der Waals surface area contributed by atoms with E-state index in [2.05, 4.69) is 0 Å². The molecule has 0 atom stereocenters. The molecule has 4 nitrogen and oxygen atoms in total. The molecule has 1 rings (SSSR count). The van der Waals surface area contributed by atoms with E-state index in [1.807, 2.05) is 0 Å². The Morgan fingerprint density at radius 1 is 1.33 bits per heavy atom. The van der Waals surface area contributed by atoms with Crippen molar-refractivity contribution in [2.75, 3.05) is 13.1 Å². The van der Waals surface area contributed by atoms with Crippen molar-refractivity contribution in [2.45, 2.75) is 18.3 Å². The Morgan fingerprint density at radius 2 is 1.80 bits per heavy atom. The van der Waals surface area contributed by atoms with Crippen LogP contribution in [0.2, 0.25) is 0 Å². The van der Waals surface area contributed by atoms with Gasteiger partial charge in [-0.05, 0) is 0 Å². The summed E-state index contributed by atoms with van der Waals surface area (Å²) in [5, 5.41) is 8.23. The van der Waals surface area contributed by atoms with E-state index in [-0.39, 0.29) is 4.90 Å². The fourth-order valence-electron chi connectivity index (χ4n) is 1.34. The summed E-state index contributed by atoms with van der Waals surface area (Å²) < 4.78 is 48.6. The van der Waals surface area contributed by atoms with Crippen molar-refractivity contribution in [1.82, 2.24) is 4.90 Å². The minimum absolute atomic E-state index is 0.239. The largest absolute Gasteiger partial charge is 0.481 e. The Balaban J connectivity index is 2.50. The lowest BCUT2D eigenvalue weighted by Crippen LogP contribution is -2.64. The van der Waals surface area contributed by atoms with Crippen LogP contribution in [0.15, 0.2) is 0 Å². The van der Waals surface area contributed by atoms with Crippen LogP contribution in [0.4, 0.5) is 17.6 Å². The van der Waals surface area contributed by atoms with Crippen LogP contribution >= 0.6 is 0 Å². The summed E-state index contributed by atoms with van der Waals surface area (Å²) in [5.74, 6) is -3.59. The number of hydrogen-bond acceptors (Lipinski definition) is 2. The Hall–Kier alpha value is -1.34. The first-order chi connectivity index (χ1) is 6.64. The maximum atomic E-state index is 13.2. The molecule has 86 valence electrons. The van der Waals surface area contributed by atoms with E-state index in [0.717, 1.165) is 0 Å². The molecule has 1 saturated heterocycles. The van der Waals surface area contributed by atoms with Gasteiger partial charge >= 0.3 is 18.1 Å². The smallest absolute Gasteiger partial charge is 0.471 e. The van der Waals surface area contributed by atoms with Crippen LogP contribution in [0, 0.1) is 0 Å². The molecule has 0 spiro atoms. The molecule has 0 aromatic carbocycles. The predicted molar refractivity (Wildman–Crippen MR) is 38.7 cm³/mol. The van der Waals surface area contributed by atoms with Gasteiger partial charge in [-0.3, -0.25) is 9.59 Å². The molecule has 0 radical (unpaired) electrons. The molecule has 0 unspecified atom stereocenters. The molecule has 0 saturated carbocycles. The highest BCUT2D eigenvalue weighted by atomic mass is 19.4. The average molecular weight is 229 g/mol. The molecule has 0 aromatic heterocycles. The summed E-state index contributed by atoms with van der Waals surface area (Å²) in [6.45, 7) is -1.64. The summed E-state index contributed by atoms with van der Waals surface area (Å²) in [7, 11) is 0. The van der Waals surface area contributed by atoms with Crippen LogP contribution in [-0.2, 0) is 9.59 Å². The van der Waals surface area contributed by atoms with E-state index >= 15 is 0 Å². The van der Waals surface area contributed by atoms with E-state index in [1.165, 1.54) is 0 Å². The van der Waals surface area contributed by atoms with Crippen molar-refractivity contribution in [2.24, 2.45) is 0 Å². The van der Waals surface area contributed by atoms with Gasteiger partial charge in [-0.2, -0.15) is 13.2 Å². The van der Waals surface area contributed by atoms with Crippen molar-refractivity contribution in [1.29, 1.82) is 0 Å². The van der Waals surface area contributed by atoms with Crippen molar-refractivity contribution < 1.29 is 32.3 Å². The number of carboxylic acid groups (broad SMARTS) is 1. The van der Waals surface area contributed by atoms with Crippen LogP contribution < -0.4 is 0 Å². The molecule has 1 aliphatic heterocycles. The summed E-state index contributed by atoms with van der Waals surface area (Å²) >= 11 is 0. The second-order valence-electron chi connectivity index (χ2n) is 3.38. The Kier molecular flexibility index (Phi) is 2.62. The normalized spacial score (nSPS) is 19.6. The van der Waals surface area contributed by atoms with Gasteiger partial charge in [0.2, 0.25) is 0 Å². The summed E-state index contributed by atoms with van der Waals surface area (Å²) in [6, 6.07) is 0. The van der Waals surface area contributed by atoms with Gasteiger partial charge in [0.05, 0.1) is 19.5 Å². The Bertz CT molecular complexity index is 295. The maximum Gasteiger partial charge on any atom is 0.471 e. The highest BCUT2D eigenvalue weighted by Gasteiger charge is 2.53. The van der Waals surface area contributed by atoms with Crippen molar-refractivity contribution >= 4 is 11.9 Å². The lowest BCUT2D eigenvalue weighted by atomic mass is 9.92. The molecule has 1 heterocycles. The van der Waals surface area contributed by atoms with Crippen LogP contribution in [0.25, 0.3) is 0 Å². The second kappa shape index (κ2) is 3.35. The number of likely N-dealkylation sites (tertiary alicyclic amines) is 1. The number of carbonyl (C=O) groups is 2. The standard InChI is InChI=1S/C7H7F4NO3/c8-6(1-4(13)14)2-12(3-6)5(15)7(9,10)11/h1-3H2,(H,13,14). The lowest BCUT2D eigenvalue weighted by molar-refractivity contribution is -0.198. The molecule has 0 aliphatic carbocycles. The van der Waals surface area contributed by atoms with Crippen LogP contribution in [0.1, 0.15) is 6.42 Å². The van der Waals surface area contributed by atoms with E-state index in [9.17, 15) is 27.2 Å². The molecule has 1 amide bonds. The lowest BCUT2D eigenvalue weighted by Gasteiger charge is -2.43. The summed E-state index contributed by atoms with van der Waals surface area (Å²) in [6.07, 6.45) is -5.93. The molecule has 8 heteroatoms. The zero-order valence-electron chi connectivity index (χ0n) is 7.34. The molecule has 15 heavy (non-hydrogen) atoms. The number of rotatable bonds is 2. The van der Waals surface area contributed by atoms with E-state index in [0.29, 0.717) is 0 Å². The minimum Gasteiger partial charge on any atom is -0.481 e. The van der Waals surface area contributed by atoms with Crippen molar-refractivity contribution in [3.05, 3.63) is 0 Å². The average Bonchev–Trinajstić information content (AvgIpc) is 1.95. The first-order valence-electron chi connectivity index (χ1n) is 3.91. The van der Waals surface area contributed by atoms with Gasteiger partial charge in [0.1, 0.15) is 0 Å². The third-order valence-corrected chi connectivity index (χ3v) is 1.95. The molecular weight excluding hydrogens is 222 g/mol. The molecule has 1 fully saturated rings. The second-order valence-corrected chi connectivity index (χ2v) is 3.38. The van der Waals surface area contributed by atoms with Gasteiger partial charge < -0.3 is 10.0 Å². The minimum atomic E-state index is -5.04. The zero-order chi connectivity index (χ0) is 11.9. The summed E-state index contributed by atoms with van der Waals surface area (Å²) in [5.41, 5.74) is -2.23. The van der Waals surface area contributed by atoms with Gasteiger partial charge in [-0.1, -0.05) is 0 Å². The number of carbonyl (C=O) groups excluding carboxylic acids is 1. The third kappa shape index (κ3) is 2.57. The topological polar surface area (TPSA) is 57.6 Å². The van der Waals surface area contributed by atoms with Gasteiger partial charge in [-0.25, -0.2) is 4.39 Å². The predicted octanol–water partition coefficient (Wildman–Crippen LogP) is 0.574. The van der Waals surface area contributed by atoms with Gasteiger partial charge in [0.15, 0.2) is 5.67 Å². The zero-order valence-corrected chi connectivity index (χ0v) is 7.34. The van der Waals surface area contributed by atoms with Gasteiger partial charge in [-0.15, -0.1) is 0 Å². The van der Waals surface area contributed by atoms with Gasteiger partial charge in [0, 0.05) is 0 Å². The SMILES string of the molecule is O=C(O)CC1(F)CN(C(=O)C(F)(F)F)C1. The number of aliphatic carboxylic acids is 1. The number of nitrogens with zero attached hydrogens (tertiary/aromatic N) is 1. The number of hydrogen-bond donors (Lipinski definition) is 1. The highest BCUT2D eigenvalue weighted by molar-refractivity contribution is 5.83. The highest BCUT2D eigenvalue weighted by Crippen LogP contribution is 2.32. The maximum absolute atomic E-state index is 13.2. The van der Waals surface area contributed by atoms with Crippen molar-refractivity contribution in [3.8, 4) is 0 Å². The molecule has 1 N–H and O–H groups in total. The molecule has 0 aromatic rings. The van der Waals surface area contributed by atoms with Crippen LogP contribution in [-0.4, -0.2) is 46.8 Å². The number of amides is 1. The van der Waals surface area contributed by atoms with Crippen LogP contribution in [0.3, 0.4) is 0 Å². The van der Waals surface area contributed by atoms with E-state index in [1.54, 1.807) is 0 Å². The fourth-order valence-corrected chi connectivity index (χ4v) is 1.34. The van der Waals surface area contributed by atoms with E-state index < -0.39 is 43.2 Å². The molecular formula is C7H7F4NO3. The van der Waals surface area contributed by atoms with Gasteiger partial charge in [0.25, 0.3) is 0 Å². The summed E-state index contributed by atoms with van der Waals surface area (Å²) in [4.78, 5) is 20.9. The number of carboxylic acids is 1. The number of alkyl halides is 4. The monoisotopic (exact) mass is 229 g/mol. The molecule has 1 aliphatic rings. The Morgan fingerprint density at radius 3 is 2.13 bits per heavy atom. The molecule has 0 bridgehead atoms. The first-order valence-corrected chi connectivity index (χ1v) is 3.91. The van der Waals surface area contributed by atoms with Crippen molar-refractivity contribution in [3.63, 3.8) is 0 Å².